The number of hydrogen-bond donors (Lipinski definition) is 0. The summed E-state index contributed by atoms with van der Waals surface area (Å²) in [5.41, 5.74) is 1.43. The predicted molar refractivity (Wildman–Crippen MR) is 59.6 cm³/mol. The van der Waals surface area contributed by atoms with Gasteiger partial charge in [0.05, 0.1) is 0 Å². The molecule has 0 radical (unpaired) electrons. The Balaban J connectivity index is 2.71. The van der Waals surface area contributed by atoms with E-state index in [1.165, 1.54) is 18.4 Å². The molecule has 0 nitrogen and oxygen atoms in total. The van der Waals surface area contributed by atoms with Gasteiger partial charge < -0.3 is 0 Å². The molecule has 0 spiro atoms. The summed E-state index contributed by atoms with van der Waals surface area (Å²) in [6.45, 7) is 4.35. The minimum Gasteiger partial charge on any atom is -0.0877 e. The first-order valence-corrected chi connectivity index (χ1v) is 4.98. The highest BCUT2D eigenvalue weighted by molar-refractivity contribution is 5.27. The standard InChI is InChI=1S/C13H18/c1-3-4-9-13-10-7-5-6-8-12(2)11-13/h3-7,9-10,12H,8,11H2,1-2H3/b4-3-,6-5?,10-7-,13-9-. The normalized spacial score (nSPS) is 29.1. The number of hydrogen-bond acceptors (Lipinski definition) is 0. The average Bonchev–Trinajstić information content (AvgIpc) is 2.09. The lowest BCUT2D eigenvalue weighted by molar-refractivity contribution is 0.591. The SMILES string of the molecule is C\C=C/C=C1/C=C\C=CCC(C)C1. The summed E-state index contributed by atoms with van der Waals surface area (Å²) in [5.74, 6) is 0.762. The van der Waals surface area contributed by atoms with Crippen molar-refractivity contribution in [2.45, 2.75) is 26.7 Å². The van der Waals surface area contributed by atoms with Crippen molar-refractivity contribution in [2.24, 2.45) is 5.92 Å². The third kappa shape index (κ3) is 3.93. The topological polar surface area (TPSA) is 0 Å². The van der Waals surface area contributed by atoms with E-state index in [0.717, 1.165) is 5.92 Å². The van der Waals surface area contributed by atoms with E-state index in [1.807, 2.05) is 6.92 Å². The van der Waals surface area contributed by atoms with E-state index in [4.69, 9.17) is 0 Å². The largest absolute Gasteiger partial charge is 0.0877 e. The molecule has 0 aromatic heterocycles. The molecule has 0 aliphatic heterocycles. The van der Waals surface area contributed by atoms with Gasteiger partial charge in [0.25, 0.3) is 0 Å². The van der Waals surface area contributed by atoms with Crippen LogP contribution in [0.5, 0.6) is 0 Å². The maximum Gasteiger partial charge on any atom is -0.0250 e. The Hall–Kier alpha value is -1.04. The predicted octanol–water partition coefficient (Wildman–Crippen LogP) is 4.03. The lowest BCUT2D eigenvalue weighted by Gasteiger charge is -2.10. The van der Waals surface area contributed by atoms with Crippen LogP contribution in [0.4, 0.5) is 0 Å². The van der Waals surface area contributed by atoms with Gasteiger partial charge in [-0.15, -0.1) is 0 Å². The molecule has 1 unspecified atom stereocenters. The summed E-state index contributed by atoms with van der Waals surface area (Å²) in [7, 11) is 0. The van der Waals surface area contributed by atoms with Crippen LogP contribution in [0.3, 0.4) is 0 Å². The zero-order valence-electron chi connectivity index (χ0n) is 8.53. The van der Waals surface area contributed by atoms with Gasteiger partial charge in [-0.1, -0.05) is 49.5 Å². The molecule has 0 bridgehead atoms. The van der Waals surface area contributed by atoms with Crippen LogP contribution in [0.15, 0.2) is 48.1 Å². The minimum atomic E-state index is 0.762. The molecule has 1 atom stereocenters. The van der Waals surface area contributed by atoms with Crippen molar-refractivity contribution in [3.63, 3.8) is 0 Å². The molecule has 0 aromatic carbocycles. The molecule has 0 saturated heterocycles. The van der Waals surface area contributed by atoms with Crippen molar-refractivity contribution in [1.29, 1.82) is 0 Å². The Morgan fingerprint density at radius 1 is 1.38 bits per heavy atom. The van der Waals surface area contributed by atoms with Gasteiger partial charge in [0, 0.05) is 0 Å². The average molecular weight is 174 g/mol. The van der Waals surface area contributed by atoms with Gasteiger partial charge in [0.2, 0.25) is 0 Å². The smallest absolute Gasteiger partial charge is 0.0250 e. The molecule has 1 aliphatic rings. The van der Waals surface area contributed by atoms with Crippen LogP contribution >= 0.6 is 0 Å². The first-order chi connectivity index (χ1) is 6.33. The second-order valence-electron chi connectivity index (χ2n) is 3.60. The molecule has 1 rings (SSSR count). The van der Waals surface area contributed by atoms with Crippen molar-refractivity contribution in [3.8, 4) is 0 Å². The van der Waals surface area contributed by atoms with Gasteiger partial charge in [-0.05, 0) is 31.3 Å². The maximum atomic E-state index is 2.30. The van der Waals surface area contributed by atoms with Gasteiger partial charge in [0.1, 0.15) is 0 Å². The van der Waals surface area contributed by atoms with Crippen LogP contribution in [0, 0.1) is 5.92 Å². The van der Waals surface area contributed by atoms with Gasteiger partial charge in [-0.2, -0.15) is 0 Å². The lowest BCUT2D eigenvalue weighted by atomic mass is 9.95. The molecule has 0 N–H and O–H groups in total. The Kier molecular flexibility index (Phi) is 4.31. The summed E-state index contributed by atoms with van der Waals surface area (Å²) in [6.07, 6.45) is 17.5. The van der Waals surface area contributed by atoms with Crippen molar-refractivity contribution in [1.82, 2.24) is 0 Å². The Bertz CT molecular complexity index is 251. The van der Waals surface area contributed by atoms with Crippen LogP contribution in [0.1, 0.15) is 26.7 Å². The van der Waals surface area contributed by atoms with Gasteiger partial charge in [0.15, 0.2) is 0 Å². The molecule has 1 aliphatic carbocycles. The van der Waals surface area contributed by atoms with E-state index in [2.05, 4.69) is 49.5 Å². The van der Waals surface area contributed by atoms with Crippen LogP contribution < -0.4 is 0 Å². The van der Waals surface area contributed by atoms with Crippen molar-refractivity contribution in [2.75, 3.05) is 0 Å². The van der Waals surface area contributed by atoms with Crippen LogP contribution in [0.25, 0.3) is 0 Å². The highest BCUT2D eigenvalue weighted by Gasteiger charge is 2.02. The fourth-order valence-corrected chi connectivity index (χ4v) is 1.47. The Labute approximate surface area is 81.4 Å². The van der Waals surface area contributed by atoms with Gasteiger partial charge in [-0.25, -0.2) is 0 Å². The van der Waals surface area contributed by atoms with E-state index in [9.17, 15) is 0 Å². The molecule has 0 aromatic rings. The van der Waals surface area contributed by atoms with E-state index in [-0.39, 0.29) is 0 Å². The first-order valence-electron chi connectivity index (χ1n) is 4.98. The molecule has 0 heteroatoms. The molecule has 13 heavy (non-hydrogen) atoms. The summed E-state index contributed by atoms with van der Waals surface area (Å²) in [6, 6.07) is 0. The number of rotatable bonds is 1. The molecule has 70 valence electrons. The molecular weight excluding hydrogens is 156 g/mol. The third-order valence-electron chi connectivity index (χ3n) is 2.18. The minimum absolute atomic E-state index is 0.762. The lowest BCUT2D eigenvalue weighted by Crippen LogP contribution is -1.95. The summed E-state index contributed by atoms with van der Waals surface area (Å²) in [5, 5.41) is 0. The van der Waals surface area contributed by atoms with Crippen molar-refractivity contribution in [3.05, 3.63) is 48.1 Å². The zero-order valence-corrected chi connectivity index (χ0v) is 8.53. The van der Waals surface area contributed by atoms with Crippen LogP contribution in [0.2, 0.25) is 0 Å². The molecule has 0 amide bonds. The highest BCUT2D eigenvalue weighted by Crippen LogP contribution is 2.18. The zero-order chi connectivity index (χ0) is 9.52. The van der Waals surface area contributed by atoms with E-state index in [1.54, 1.807) is 0 Å². The molecular formula is C13H18. The second kappa shape index (κ2) is 5.58. The van der Waals surface area contributed by atoms with Crippen molar-refractivity contribution >= 4 is 0 Å². The third-order valence-corrected chi connectivity index (χ3v) is 2.18. The summed E-state index contributed by atoms with van der Waals surface area (Å²) >= 11 is 0. The van der Waals surface area contributed by atoms with Crippen LogP contribution in [-0.2, 0) is 0 Å². The van der Waals surface area contributed by atoms with Gasteiger partial charge in [-0.3, -0.25) is 0 Å². The van der Waals surface area contributed by atoms with E-state index < -0.39 is 0 Å². The maximum absolute atomic E-state index is 2.30. The second-order valence-corrected chi connectivity index (χ2v) is 3.60. The fourth-order valence-electron chi connectivity index (χ4n) is 1.47. The molecule has 0 heterocycles. The monoisotopic (exact) mass is 174 g/mol. The van der Waals surface area contributed by atoms with E-state index in [0.29, 0.717) is 0 Å². The fraction of sp³-hybridized carbons (Fsp3) is 0.385. The molecule has 0 fully saturated rings. The summed E-state index contributed by atoms with van der Waals surface area (Å²) < 4.78 is 0. The quantitative estimate of drug-likeness (QED) is 0.563. The number of allylic oxidation sites excluding steroid dienone is 8. The molecule has 0 saturated carbocycles. The Morgan fingerprint density at radius 3 is 3.00 bits per heavy atom. The van der Waals surface area contributed by atoms with E-state index >= 15 is 0 Å². The highest BCUT2D eigenvalue weighted by atomic mass is 14.1. The first kappa shape index (κ1) is 10.0. The summed E-state index contributed by atoms with van der Waals surface area (Å²) in [4.78, 5) is 0. The van der Waals surface area contributed by atoms with Crippen molar-refractivity contribution < 1.29 is 0 Å². The van der Waals surface area contributed by atoms with Gasteiger partial charge >= 0.3 is 0 Å². The van der Waals surface area contributed by atoms with Crippen LogP contribution in [-0.4, -0.2) is 0 Å². The Morgan fingerprint density at radius 2 is 2.23 bits per heavy atom.